The van der Waals surface area contributed by atoms with Gasteiger partial charge in [0, 0.05) is 6.07 Å². The second-order valence-electron chi connectivity index (χ2n) is 4.70. The van der Waals surface area contributed by atoms with Crippen LogP contribution in [0.2, 0.25) is 0 Å². The number of carbonyl (C=O) groups is 3. The van der Waals surface area contributed by atoms with Crippen LogP contribution in [-0.4, -0.2) is 44.2 Å². The molecule has 0 aliphatic carbocycles. The van der Waals surface area contributed by atoms with Crippen molar-refractivity contribution in [1.82, 2.24) is 5.32 Å². The van der Waals surface area contributed by atoms with Crippen LogP contribution in [0.15, 0.2) is 18.2 Å². The van der Waals surface area contributed by atoms with Crippen LogP contribution in [0.25, 0.3) is 0 Å². The van der Waals surface area contributed by atoms with Crippen molar-refractivity contribution < 1.29 is 37.4 Å². The summed E-state index contributed by atoms with van der Waals surface area (Å²) in [6.07, 6.45) is -1.56. The molecule has 24 heavy (non-hydrogen) atoms. The lowest BCUT2D eigenvalue weighted by Gasteiger charge is -2.19. The van der Waals surface area contributed by atoms with E-state index in [1.54, 1.807) is 0 Å². The van der Waals surface area contributed by atoms with Gasteiger partial charge in [-0.2, -0.15) is 0 Å². The minimum absolute atomic E-state index is 0.0702. The van der Waals surface area contributed by atoms with E-state index in [1.165, 1.54) is 6.92 Å². The van der Waals surface area contributed by atoms with Crippen LogP contribution < -0.4 is 10.1 Å². The lowest BCUT2D eigenvalue weighted by molar-refractivity contribution is -0.151. The first-order chi connectivity index (χ1) is 11.3. The van der Waals surface area contributed by atoms with Gasteiger partial charge < -0.3 is 19.5 Å². The molecule has 0 aromatic heterocycles. The maximum absolute atomic E-state index is 13.1. The van der Waals surface area contributed by atoms with Gasteiger partial charge in [-0.3, -0.25) is 9.59 Å². The van der Waals surface area contributed by atoms with Crippen molar-refractivity contribution in [3.8, 4) is 5.75 Å². The van der Waals surface area contributed by atoms with Crippen LogP contribution in [0.3, 0.4) is 0 Å². The van der Waals surface area contributed by atoms with E-state index in [1.807, 2.05) is 0 Å². The number of hydrogen-bond donors (Lipinski definition) is 1. The molecule has 1 N–H and O–H groups in total. The average molecular weight is 345 g/mol. The standard InChI is InChI=1S/C15H17F2NO6/c1-8(24-9-4-5-10(16)11(17)6-9)14(20)18-12(15(21)23-3)7-13(19)22-2/h4-6,8,12H,7H2,1-3H3,(H,18,20)/t8-,12+/m1/s1. The van der Waals surface area contributed by atoms with Gasteiger partial charge in [0.2, 0.25) is 0 Å². The van der Waals surface area contributed by atoms with Gasteiger partial charge in [0.25, 0.3) is 5.91 Å². The first-order valence-corrected chi connectivity index (χ1v) is 6.85. The molecule has 0 saturated carbocycles. The Morgan fingerprint density at radius 1 is 1.12 bits per heavy atom. The number of ether oxygens (including phenoxy) is 3. The molecule has 9 heteroatoms. The largest absolute Gasteiger partial charge is 0.481 e. The van der Waals surface area contributed by atoms with Crippen molar-refractivity contribution in [3.63, 3.8) is 0 Å². The minimum atomic E-state index is -1.26. The third-order valence-electron chi connectivity index (χ3n) is 2.97. The summed E-state index contributed by atoms with van der Waals surface area (Å²) < 4.78 is 40.0. The van der Waals surface area contributed by atoms with Gasteiger partial charge >= 0.3 is 11.9 Å². The monoisotopic (exact) mass is 345 g/mol. The fraction of sp³-hybridized carbons (Fsp3) is 0.400. The summed E-state index contributed by atoms with van der Waals surface area (Å²) in [5.74, 6) is -4.56. The Kier molecular flexibility index (Phi) is 7.09. The molecule has 0 saturated heterocycles. The predicted octanol–water partition coefficient (Wildman–Crippen LogP) is 0.953. The lowest BCUT2D eigenvalue weighted by atomic mass is 10.2. The van der Waals surface area contributed by atoms with Gasteiger partial charge in [-0.25, -0.2) is 13.6 Å². The molecule has 0 spiro atoms. The Morgan fingerprint density at radius 3 is 2.33 bits per heavy atom. The van der Waals surface area contributed by atoms with Crippen molar-refractivity contribution in [2.45, 2.75) is 25.5 Å². The van der Waals surface area contributed by atoms with Crippen LogP contribution in [0.5, 0.6) is 5.75 Å². The third-order valence-corrected chi connectivity index (χ3v) is 2.97. The molecule has 7 nitrogen and oxygen atoms in total. The molecule has 0 unspecified atom stereocenters. The summed E-state index contributed by atoms with van der Waals surface area (Å²) in [5, 5.41) is 2.27. The second-order valence-corrected chi connectivity index (χ2v) is 4.70. The highest BCUT2D eigenvalue weighted by Gasteiger charge is 2.27. The second kappa shape index (κ2) is 8.80. The SMILES string of the molecule is COC(=O)C[C@H](NC(=O)[C@@H](C)Oc1ccc(F)c(F)c1)C(=O)OC. The molecule has 0 radical (unpaired) electrons. The van der Waals surface area contributed by atoms with Gasteiger partial charge in [-0.05, 0) is 19.1 Å². The molecule has 132 valence electrons. The van der Waals surface area contributed by atoms with E-state index in [0.717, 1.165) is 32.4 Å². The van der Waals surface area contributed by atoms with Crippen LogP contribution >= 0.6 is 0 Å². The molecule has 0 aliphatic rings. The fourth-order valence-corrected chi connectivity index (χ4v) is 1.68. The molecular weight excluding hydrogens is 328 g/mol. The number of hydrogen-bond acceptors (Lipinski definition) is 6. The first kappa shape index (κ1) is 19.3. The van der Waals surface area contributed by atoms with E-state index >= 15 is 0 Å². The summed E-state index contributed by atoms with van der Waals surface area (Å²) >= 11 is 0. The number of amides is 1. The number of benzene rings is 1. The fourth-order valence-electron chi connectivity index (χ4n) is 1.68. The smallest absolute Gasteiger partial charge is 0.328 e. The summed E-state index contributed by atoms with van der Waals surface area (Å²) in [6, 6.07) is 1.52. The zero-order chi connectivity index (χ0) is 18.3. The normalized spacial score (nSPS) is 12.7. The minimum Gasteiger partial charge on any atom is -0.481 e. The molecular formula is C15H17F2NO6. The van der Waals surface area contributed by atoms with Crippen molar-refractivity contribution >= 4 is 17.8 Å². The van der Waals surface area contributed by atoms with Gasteiger partial charge in [0.15, 0.2) is 17.7 Å². The van der Waals surface area contributed by atoms with Gasteiger partial charge in [0.05, 0.1) is 20.6 Å². The highest BCUT2D eigenvalue weighted by Crippen LogP contribution is 2.17. The van der Waals surface area contributed by atoms with Gasteiger partial charge in [-0.15, -0.1) is 0 Å². The average Bonchev–Trinajstić information content (AvgIpc) is 2.56. The zero-order valence-electron chi connectivity index (χ0n) is 13.3. The molecule has 0 fully saturated rings. The highest BCUT2D eigenvalue weighted by molar-refractivity contribution is 5.89. The Hall–Kier alpha value is -2.71. The molecule has 2 atom stereocenters. The summed E-state index contributed by atoms with van der Waals surface area (Å²) in [4.78, 5) is 34.9. The van der Waals surface area contributed by atoms with E-state index in [-0.39, 0.29) is 5.75 Å². The number of nitrogens with one attached hydrogen (secondary N) is 1. The van der Waals surface area contributed by atoms with Crippen molar-refractivity contribution in [3.05, 3.63) is 29.8 Å². The van der Waals surface area contributed by atoms with E-state index in [2.05, 4.69) is 14.8 Å². The number of halogens is 2. The lowest BCUT2D eigenvalue weighted by Crippen LogP contribution is -2.47. The molecule has 0 aliphatic heterocycles. The molecule has 1 rings (SSSR count). The number of carbonyl (C=O) groups excluding carboxylic acids is 3. The first-order valence-electron chi connectivity index (χ1n) is 6.85. The van der Waals surface area contributed by atoms with Crippen molar-refractivity contribution in [2.24, 2.45) is 0 Å². The summed E-state index contributed by atoms with van der Waals surface area (Å²) in [6.45, 7) is 1.34. The van der Waals surface area contributed by atoms with E-state index in [4.69, 9.17) is 4.74 Å². The van der Waals surface area contributed by atoms with E-state index in [0.29, 0.717) is 0 Å². The number of esters is 2. The summed E-state index contributed by atoms with van der Waals surface area (Å²) in [7, 11) is 2.23. The predicted molar refractivity (Wildman–Crippen MR) is 77.0 cm³/mol. The quantitative estimate of drug-likeness (QED) is 0.740. The topological polar surface area (TPSA) is 90.9 Å². The van der Waals surface area contributed by atoms with Crippen LogP contribution in [0.4, 0.5) is 8.78 Å². The molecule has 1 aromatic carbocycles. The summed E-state index contributed by atoms with van der Waals surface area (Å²) in [5.41, 5.74) is 0. The number of rotatable bonds is 7. The maximum Gasteiger partial charge on any atom is 0.328 e. The maximum atomic E-state index is 13.1. The number of methoxy groups -OCH3 is 2. The van der Waals surface area contributed by atoms with E-state index in [9.17, 15) is 23.2 Å². The Labute approximate surface area is 136 Å². The van der Waals surface area contributed by atoms with Crippen LogP contribution in [-0.2, 0) is 23.9 Å². The molecule has 0 bridgehead atoms. The Morgan fingerprint density at radius 2 is 1.79 bits per heavy atom. The highest BCUT2D eigenvalue weighted by atomic mass is 19.2. The van der Waals surface area contributed by atoms with Crippen LogP contribution in [0.1, 0.15) is 13.3 Å². The zero-order valence-corrected chi connectivity index (χ0v) is 13.3. The third kappa shape index (κ3) is 5.49. The van der Waals surface area contributed by atoms with E-state index < -0.39 is 48.0 Å². The van der Waals surface area contributed by atoms with Crippen molar-refractivity contribution in [2.75, 3.05) is 14.2 Å². The Balaban J connectivity index is 2.73. The molecule has 1 amide bonds. The van der Waals surface area contributed by atoms with Crippen molar-refractivity contribution in [1.29, 1.82) is 0 Å². The van der Waals surface area contributed by atoms with Crippen LogP contribution in [0, 0.1) is 11.6 Å². The Bertz CT molecular complexity index is 622. The van der Waals surface area contributed by atoms with Gasteiger partial charge in [0.1, 0.15) is 11.8 Å². The molecule has 1 aromatic rings. The van der Waals surface area contributed by atoms with Gasteiger partial charge in [-0.1, -0.05) is 0 Å². The molecule has 0 heterocycles.